The molecule has 0 bridgehead atoms. The van der Waals surface area contributed by atoms with Gasteiger partial charge in [0.1, 0.15) is 17.8 Å². The molecule has 0 amide bonds. The van der Waals surface area contributed by atoms with Gasteiger partial charge in [0.15, 0.2) is 0 Å². The molecule has 0 saturated heterocycles. The van der Waals surface area contributed by atoms with Crippen LogP contribution in [0.4, 0.5) is 5.82 Å². The molecule has 1 aliphatic carbocycles. The van der Waals surface area contributed by atoms with Crippen molar-refractivity contribution in [3.8, 4) is 0 Å². The van der Waals surface area contributed by atoms with Gasteiger partial charge in [-0.3, -0.25) is 13.7 Å². The Hall–Kier alpha value is -2.57. The molecule has 10 nitrogen and oxygen atoms in total. The summed E-state index contributed by atoms with van der Waals surface area (Å²) in [6.45, 7) is 0.452. The SMILES string of the molecule is NS(=O)(=O)OCC1CCC(Nc2ncncc2C(=O)c2ccn(Cc3ccc(Cl)c(Cl)c3)n2)C1. The summed E-state index contributed by atoms with van der Waals surface area (Å²) >= 11 is 12.0. The first-order chi connectivity index (χ1) is 16.2. The second kappa shape index (κ2) is 10.4. The van der Waals surface area contributed by atoms with Gasteiger partial charge in [0.2, 0.25) is 5.78 Å². The van der Waals surface area contributed by atoms with Crippen molar-refractivity contribution < 1.29 is 17.4 Å². The number of nitrogens with two attached hydrogens (primary N) is 1. The van der Waals surface area contributed by atoms with Crippen LogP contribution in [0.25, 0.3) is 0 Å². The lowest BCUT2D eigenvalue weighted by atomic mass is 10.1. The smallest absolute Gasteiger partial charge is 0.333 e. The summed E-state index contributed by atoms with van der Waals surface area (Å²) in [5.41, 5.74) is 1.44. The van der Waals surface area contributed by atoms with Crippen LogP contribution in [0.3, 0.4) is 0 Å². The maximum absolute atomic E-state index is 13.1. The molecule has 1 aliphatic rings. The standard InChI is InChI=1S/C21H22Cl2N6O4S/c22-17-4-2-13(8-18(17)23)10-29-6-5-19(28-29)20(30)16-9-25-12-26-21(16)27-15-3-1-14(7-15)11-33-34(24,31)32/h2,4-6,8-9,12,14-15H,1,3,7,10-11H2,(H2,24,31,32)(H,25,26,27). The molecular weight excluding hydrogens is 503 g/mol. The Kier molecular flexibility index (Phi) is 7.48. The number of hydrogen-bond donors (Lipinski definition) is 2. The molecule has 34 heavy (non-hydrogen) atoms. The van der Waals surface area contributed by atoms with Crippen LogP contribution in [0.5, 0.6) is 0 Å². The van der Waals surface area contributed by atoms with Crippen molar-refractivity contribution in [2.75, 3.05) is 11.9 Å². The van der Waals surface area contributed by atoms with Crippen LogP contribution in [0.2, 0.25) is 10.0 Å². The highest BCUT2D eigenvalue weighted by molar-refractivity contribution is 7.84. The summed E-state index contributed by atoms with van der Waals surface area (Å²) in [5.74, 6) is 0.119. The van der Waals surface area contributed by atoms with Crippen molar-refractivity contribution in [1.29, 1.82) is 0 Å². The Morgan fingerprint density at radius 2 is 2.06 bits per heavy atom. The lowest BCUT2D eigenvalue weighted by Crippen LogP contribution is -2.22. The Balaban J connectivity index is 1.42. The van der Waals surface area contributed by atoms with E-state index in [-0.39, 0.29) is 30.0 Å². The average Bonchev–Trinajstić information content (AvgIpc) is 3.44. The summed E-state index contributed by atoms with van der Waals surface area (Å²) in [7, 11) is -3.97. The molecule has 1 saturated carbocycles. The third-order valence-electron chi connectivity index (χ3n) is 5.51. The van der Waals surface area contributed by atoms with Gasteiger partial charge in [0.25, 0.3) is 0 Å². The number of halogens is 2. The molecule has 2 unspecified atom stereocenters. The van der Waals surface area contributed by atoms with Gasteiger partial charge in [0, 0.05) is 18.4 Å². The molecule has 2 atom stereocenters. The maximum Gasteiger partial charge on any atom is 0.333 e. The highest BCUT2D eigenvalue weighted by atomic mass is 35.5. The van der Waals surface area contributed by atoms with E-state index in [2.05, 4.69) is 20.4 Å². The van der Waals surface area contributed by atoms with Crippen LogP contribution in [0.15, 0.2) is 43.0 Å². The summed E-state index contributed by atoms with van der Waals surface area (Å²) in [6.07, 6.45) is 6.71. The molecular formula is C21H22Cl2N6O4S. The summed E-state index contributed by atoms with van der Waals surface area (Å²) in [6, 6.07) is 6.94. The molecule has 0 aliphatic heterocycles. The molecule has 0 spiro atoms. The number of rotatable bonds is 9. The first-order valence-electron chi connectivity index (χ1n) is 10.4. The van der Waals surface area contributed by atoms with Crippen LogP contribution in [0.1, 0.15) is 40.9 Å². The number of aromatic nitrogens is 4. The van der Waals surface area contributed by atoms with Crippen molar-refractivity contribution in [1.82, 2.24) is 19.7 Å². The number of anilines is 1. The van der Waals surface area contributed by atoms with Crippen LogP contribution in [0, 0.1) is 5.92 Å². The normalized spacial score (nSPS) is 18.2. The van der Waals surface area contributed by atoms with E-state index in [0.29, 0.717) is 34.4 Å². The number of hydrogen-bond acceptors (Lipinski definition) is 8. The average molecular weight is 525 g/mol. The molecule has 4 rings (SSSR count). The fourth-order valence-electron chi connectivity index (χ4n) is 3.89. The van der Waals surface area contributed by atoms with E-state index >= 15 is 0 Å². The van der Waals surface area contributed by atoms with Crippen LogP contribution < -0.4 is 10.5 Å². The number of carbonyl (C=O) groups excluding carboxylic acids is 1. The van der Waals surface area contributed by atoms with E-state index < -0.39 is 10.3 Å². The van der Waals surface area contributed by atoms with Gasteiger partial charge < -0.3 is 5.32 Å². The molecule has 1 fully saturated rings. The summed E-state index contributed by atoms with van der Waals surface area (Å²) < 4.78 is 28.4. The third kappa shape index (κ3) is 6.30. The van der Waals surface area contributed by atoms with E-state index in [9.17, 15) is 13.2 Å². The van der Waals surface area contributed by atoms with Crippen molar-refractivity contribution in [3.05, 3.63) is 69.9 Å². The molecule has 2 aromatic heterocycles. The van der Waals surface area contributed by atoms with Gasteiger partial charge in [-0.05, 0) is 48.9 Å². The van der Waals surface area contributed by atoms with Gasteiger partial charge in [-0.15, -0.1) is 0 Å². The zero-order chi connectivity index (χ0) is 24.3. The van der Waals surface area contributed by atoms with Gasteiger partial charge in [-0.25, -0.2) is 15.1 Å². The minimum Gasteiger partial charge on any atom is -0.367 e. The molecule has 180 valence electrons. The molecule has 2 heterocycles. The van der Waals surface area contributed by atoms with Crippen LogP contribution >= 0.6 is 23.2 Å². The van der Waals surface area contributed by atoms with Crippen LogP contribution in [-0.2, 0) is 21.0 Å². The van der Waals surface area contributed by atoms with E-state index in [1.165, 1.54) is 12.5 Å². The Labute approximate surface area is 206 Å². The van der Waals surface area contributed by atoms with Crippen LogP contribution in [-0.4, -0.2) is 46.6 Å². The largest absolute Gasteiger partial charge is 0.367 e. The highest BCUT2D eigenvalue weighted by Gasteiger charge is 2.28. The van der Waals surface area contributed by atoms with Gasteiger partial charge >= 0.3 is 10.3 Å². The first kappa shape index (κ1) is 24.6. The van der Waals surface area contributed by atoms with Crippen molar-refractivity contribution in [2.24, 2.45) is 11.1 Å². The van der Waals surface area contributed by atoms with Gasteiger partial charge in [-0.1, -0.05) is 29.3 Å². The minimum absolute atomic E-state index is 0.00254. The van der Waals surface area contributed by atoms with E-state index in [1.54, 1.807) is 29.1 Å². The molecule has 3 aromatic rings. The fourth-order valence-corrected chi connectivity index (χ4v) is 4.59. The predicted octanol–water partition coefficient (Wildman–Crippen LogP) is 3.06. The molecule has 1 aromatic carbocycles. The Morgan fingerprint density at radius 1 is 1.24 bits per heavy atom. The zero-order valence-electron chi connectivity index (χ0n) is 17.9. The van der Waals surface area contributed by atoms with Crippen molar-refractivity contribution in [2.45, 2.75) is 31.8 Å². The van der Waals surface area contributed by atoms with E-state index in [4.69, 9.17) is 32.5 Å². The van der Waals surface area contributed by atoms with Gasteiger partial charge in [0.05, 0.1) is 28.8 Å². The molecule has 13 heteroatoms. The lowest BCUT2D eigenvalue weighted by molar-refractivity contribution is 0.103. The monoisotopic (exact) mass is 524 g/mol. The number of nitrogens with one attached hydrogen (secondary N) is 1. The molecule has 0 radical (unpaired) electrons. The Bertz CT molecular complexity index is 1300. The van der Waals surface area contributed by atoms with E-state index in [0.717, 1.165) is 18.4 Å². The first-order valence-corrected chi connectivity index (χ1v) is 12.7. The number of carbonyl (C=O) groups is 1. The topological polar surface area (TPSA) is 142 Å². The summed E-state index contributed by atoms with van der Waals surface area (Å²) in [5, 5.41) is 13.5. The quantitative estimate of drug-likeness (QED) is 0.406. The second-order valence-electron chi connectivity index (χ2n) is 8.06. The lowest BCUT2D eigenvalue weighted by Gasteiger charge is -2.15. The number of ketones is 1. The van der Waals surface area contributed by atoms with Crippen molar-refractivity contribution in [3.63, 3.8) is 0 Å². The Morgan fingerprint density at radius 3 is 2.82 bits per heavy atom. The predicted molar refractivity (Wildman–Crippen MR) is 127 cm³/mol. The third-order valence-corrected chi connectivity index (χ3v) is 6.71. The number of benzene rings is 1. The fraction of sp³-hybridized carbons (Fsp3) is 0.333. The zero-order valence-corrected chi connectivity index (χ0v) is 20.2. The van der Waals surface area contributed by atoms with Gasteiger partial charge in [-0.2, -0.15) is 13.5 Å². The summed E-state index contributed by atoms with van der Waals surface area (Å²) in [4.78, 5) is 21.4. The van der Waals surface area contributed by atoms with Crippen molar-refractivity contribution >= 4 is 45.1 Å². The second-order valence-corrected chi connectivity index (χ2v) is 10.1. The highest BCUT2D eigenvalue weighted by Crippen LogP contribution is 2.29. The maximum atomic E-state index is 13.1. The number of nitrogens with zero attached hydrogens (tertiary/aromatic N) is 4. The minimum atomic E-state index is -3.97. The molecule has 3 N–H and O–H groups in total. The van der Waals surface area contributed by atoms with E-state index in [1.807, 2.05) is 6.07 Å².